The summed E-state index contributed by atoms with van der Waals surface area (Å²) in [6, 6.07) is 45.7. The summed E-state index contributed by atoms with van der Waals surface area (Å²) in [7, 11) is 0. The van der Waals surface area contributed by atoms with Crippen LogP contribution >= 0.6 is 0 Å². The molecule has 0 spiro atoms. The molecule has 1 N–H and O–H groups in total. The van der Waals surface area contributed by atoms with Gasteiger partial charge in [0.05, 0.1) is 40.0 Å². The standard InChI is InChI=1S/C35H21N5/c36-22-24-8-7-13-30(18-24)32-20-25(23-37)19-31(21-32)26-14-16-29(17-15-26)35-39-33(27-9-3-1-4-10-27)38-34(40-35)28-11-5-2-6-12-28/h1-21H/p+1. The van der Waals surface area contributed by atoms with Crippen LogP contribution in [-0.4, -0.2) is 9.97 Å². The monoisotopic (exact) mass is 512 g/mol. The summed E-state index contributed by atoms with van der Waals surface area (Å²) in [6.07, 6.45) is 0. The lowest BCUT2D eigenvalue weighted by atomic mass is 9.95. The number of aromatic amines is 1. The molecule has 0 bridgehead atoms. The van der Waals surface area contributed by atoms with Crippen LogP contribution in [0, 0.1) is 22.7 Å². The minimum Gasteiger partial charge on any atom is -0.240 e. The zero-order valence-electron chi connectivity index (χ0n) is 21.4. The molecule has 5 nitrogen and oxygen atoms in total. The van der Waals surface area contributed by atoms with Gasteiger partial charge in [-0.2, -0.15) is 10.5 Å². The molecule has 0 radical (unpaired) electrons. The smallest absolute Gasteiger partial charge is 0.240 e. The lowest BCUT2D eigenvalue weighted by Gasteiger charge is -2.08. The Morgan fingerprint density at radius 1 is 0.425 bits per heavy atom. The molecule has 0 aliphatic heterocycles. The minimum absolute atomic E-state index is 0.556. The Morgan fingerprint density at radius 3 is 1.50 bits per heavy atom. The largest absolute Gasteiger partial charge is 0.308 e. The van der Waals surface area contributed by atoms with Crippen LogP contribution in [0.3, 0.4) is 0 Å². The Bertz CT molecular complexity index is 1840. The van der Waals surface area contributed by atoms with Crippen molar-refractivity contribution in [2.75, 3.05) is 0 Å². The molecule has 1 aromatic heterocycles. The van der Waals surface area contributed by atoms with E-state index in [1.807, 2.05) is 121 Å². The highest BCUT2D eigenvalue weighted by Gasteiger charge is 2.19. The van der Waals surface area contributed by atoms with Gasteiger partial charge >= 0.3 is 5.82 Å². The van der Waals surface area contributed by atoms with Crippen molar-refractivity contribution in [3.05, 3.63) is 139 Å². The number of aromatic nitrogens is 3. The molecule has 5 heteroatoms. The van der Waals surface area contributed by atoms with Crippen LogP contribution in [0.15, 0.2) is 127 Å². The third kappa shape index (κ3) is 5.09. The summed E-state index contributed by atoms with van der Waals surface area (Å²) in [5.41, 5.74) is 7.62. The SMILES string of the molecule is N#Cc1cccc(-c2cc(C#N)cc(-c3ccc(-c4nc(-c5ccccc5)[nH+]c(-c5ccccc5)n4)cc3)c2)c1. The quantitative estimate of drug-likeness (QED) is 0.241. The van der Waals surface area contributed by atoms with Crippen molar-refractivity contribution in [1.82, 2.24) is 9.97 Å². The first kappa shape index (κ1) is 24.4. The van der Waals surface area contributed by atoms with Gasteiger partial charge in [-0.05, 0) is 89.0 Å². The van der Waals surface area contributed by atoms with Gasteiger partial charge in [-0.1, -0.05) is 70.6 Å². The maximum absolute atomic E-state index is 9.69. The van der Waals surface area contributed by atoms with E-state index in [0.717, 1.165) is 50.6 Å². The highest BCUT2D eigenvalue weighted by Crippen LogP contribution is 2.30. The van der Waals surface area contributed by atoms with E-state index < -0.39 is 0 Å². The van der Waals surface area contributed by atoms with E-state index in [2.05, 4.69) is 17.1 Å². The van der Waals surface area contributed by atoms with Gasteiger partial charge in [-0.25, -0.2) is 4.98 Å². The van der Waals surface area contributed by atoms with E-state index in [0.29, 0.717) is 17.0 Å². The first-order valence-corrected chi connectivity index (χ1v) is 12.8. The van der Waals surface area contributed by atoms with Crippen molar-refractivity contribution in [3.63, 3.8) is 0 Å². The number of benzene rings is 5. The van der Waals surface area contributed by atoms with E-state index in [-0.39, 0.29) is 0 Å². The number of rotatable bonds is 5. The molecule has 0 unspecified atom stereocenters. The second-order valence-corrected chi connectivity index (χ2v) is 9.28. The van der Waals surface area contributed by atoms with Gasteiger partial charge in [0, 0.05) is 0 Å². The molecule has 0 saturated heterocycles. The lowest BCUT2D eigenvalue weighted by molar-refractivity contribution is -0.359. The highest BCUT2D eigenvalue weighted by molar-refractivity contribution is 5.77. The van der Waals surface area contributed by atoms with Crippen LogP contribution in [0.2, 0.25) is 0 Å². The third-order valence-electron chi connectivity index (χ3n) is 6.63. The van der Waals surface area contributed by atoms with Gasteiger partial charge in [0.25, 0.3) is 11.6 Å². The molecule has 186 valence electrons. The van der Waals surface area contributed by atoms with Gasteiger partial charge in [0.2, 0.25) is 0 Å². The van der Waals surface area contributed by atoms with Gasteiger partial charge in [-0.3, -0.25) is 0 Å². The zero-order chi connectivity index (χ0) is 27.3. The fraction of sp³-hybridized carbons (Fsp3) is 0. The van der Waals surface area contributed by atoms with Gasteiger partial charge in [0.1, 0.15) is 0 Å². The Labute approximate surface area is 232 Å². The van der Waals surface area contributed by atoms with Gasteiger partial charge in [-0.15, -0.1) is 0 Å². The van der Waals surface area contributed by atoms with E-state index in [1.165, 1.54) is 0 Å². The normalized spacial score (nSPS) is 10.4. The number of hydrogen-bond acceptors (Lipinski definition) is 4. The summed E-state index contributed by atoms with van der Waals surface area (Å²) in [5.74, 6) is 2.08. The summed E-state index contributed by atoms with van der Waals surface area (Å²) in [5, 5.41) is 19.0. The van der Waals surface area contributed by atoms with E-state index in [4.69, 9.17) is 9.97 Å². The Balaban J connectivity index is 1.41. The molecule has 6 rings (SSSR count). The van der Waals surface area contributed by atoms with Crippen molar-refractivity contribution in [3.8, 4) is 68.6 Å². The molecule has 0 amide bonds. The highest BCUT2D eigenvalue weighted by atomic mass is 15.0. The summed E-state index contributed by atoms with van der Waals surface area (Å²) < 4.78 is 0. The molecule has 0 aliphatic rings. The van der Waals surface area contributed by atoms with E-state index in [9.17, 15) is 10.5 Å². The lowest BCUT2D eigenvalue weighted by Crippen LogP contribution is -2.16. The molecule has 40 heavy (non-hydrogen) atoms. The fourth-order valence-corrected chi connectivity index (χ4v) is 4.60. The van der Waals surface area contributed by atoms with Crippen molar-refractivity contribution >= 4 is 0 Å². The van der Waals surface area contributed by atoms with Crippen molar-refractivity contribution in [2.45, 2.75) is 0 Å². The number of hydrogen-bond donors (Lipinski definition) is 0. The van der Waals surface area contributed by atoms with Crippen LogP contribution in [0.4, 0.5) is 0 Å². The molecule has 1 heterocycles. The van der Waals surface area contributed by atoms with Crippen LogP contribution < -0.4 is 4.98 Å². The number of nitriles is 2. The molecule has 0 saturated carbocycles. The summed E-state index contributed by atoms with van der Waals surface area (Å²) in [6.45, 7) is 0. The summed E-state index contributed by atoms with van der Waals surface area (Å²) >= 11 is 0. The third-order valence-corrected chi connectivity index (χ3v) is 6.63. The number of H-pyrrole nitrogens is 1. The fourth-order valence-electron chi connectivity index (χ4n) is 4.60. The minimum atomic E-state index is 0.556. The van der Waals surface area contributed by atoms with Crippen LogP contribution in [-0.2, 0) is 0 Å². The van der Waals surface area contributed by atoms with Crippen molar-refractivity contribution < 1.29 is 4.98 Å². The van der Waals surface area contributed by atoms with Gasteiger partial charge in [0.15, 0.2) is 0 Å². The van der Waals surface area contributed by atoms with Crippen LogP contribution in [0.1, 0.15) is 11.1 Å². The second kappa shape index (κ2) is 10.8. The van der Waals surface area contributed by atoms with E-state index >= 15 is 0 Å². The molecular formula is C35H22N5+. The maximum Gasteiger partial charge on any atom is 0.308 e. The van der Waals surface area contributed by atoms with Crippen molar-refractivity contribution in [2.24, 2.45) is 0 Å². The Hall–Kier alpha value is -5.91. The van der Waals surface area contributed by atoms with Crippen LogP contribution in [0.5, 0.6) is 0 Å². The molecule has 0 aliphatic carbocycles. The molecule has 0 atom stereocenters. The Kier molecular flexibility index (Phi) is 6.61. The first-order valence-electron chi connectivity index (χ1n) is 12.8. The summed E-state index contributed by atoms with van der Waals surface area (Å²) in [4.78, 5) is 13.1. The number of nitrogens with zero attached hydrogens (tertiary/aromatic N) is 4. The van der Waals surface area contributed by atoms with E-state index in [1.54, 1.807) is 6.07 Å². The molecule has 6 aromatic rings. The molecular weight excluding hydrogens is 490 g/mol. The Morgan fingerprint density at radius 2 is 0.925 bits per heavy atom. The first-order chi connectivity index (χ1) is 19.7. The van der Waals surface area contributed by atoms with Crippen molar-refractivity contribution in [1.29, 1.82) is 10.5 Å². The topological polar surface area (TPSA) is 87.5 Å². The maximum atomic E-state index is 9.69. The average Bonchev–Trinajstić information content (AvgIpc) is 3.05. The molecule has 5 aromatic carbocycles. The average molecular weight is 513 g/mol. The predicted molar refractivity (Wildman–Crippen MR) is 155 cm³/mol. The molecule has 0 fully saturated rings. The number of nitrogens with one attached hydrogen (secondary N) is 1. The van der Waals surface area contributed by atoms with Crippen LogP contribution in [0.25, 0.3) is 56.4 Å². The second-order valence-electron chi connectivity index (χ2n) is 9.28. The zero-order valence-corrected chi connectivity index (χ0v) is 21.4. The van der Waals surface area contributed by atoms with Gasteiger partial charge < -0.3 is 0 Å². The predicted octanol–water partition coefficient (Wildman–Crippen LogP) is 7.37.